The molecule has 0 aromatic heterocycles. The largest absolute Gasteiger partial charge is 0.507 e. The smallest absolute Gasteiger partial charge is 0.245 e. The molecular formula is C16H20N2O3S. The van der Waals surface area contributed by atoms with E-state index in [9.17, 15) is 9.90 Å². The highest BCUT2D eigenvalue weighted by Crippen LogP contribution is 2.28. The summed E-state index contributed by atoms with van der Waals surface area (Å²) in [7, 11) is 0. The number of carbonyl (C=O) groups is 1. The molecule has 2 aliphatic rings. The van der Waals surface area contributed by atoms with Gasteiger partial charge in [-0.05, 0) is 30.9 Å². The number of benzene rings is 1. The third-order valence-electron chi connectivity index (χ3n) is 3.91. The molecule has 5 nitrogen and oxygen atoms in total. The van der Waals surface area contributed by atoms with Gasteiger partial charge < -0.3 is 15.2 Å². The van der Waals surface area contributed by atoms with Crippen LogP contribution in [0.2, 0.25) is 0 Å². The number of phenols is 1. The third kappa shape index (κ3) is 3.62. The SMILES string of the molecule is O=C(NC[C@@H]1CCCOC1)[C@@H]1CSC(c2ccccc2O)=N1. The zero-order valence-electron chi connectivity index (χ0n) is 12.3. The lowest BCUT2D eigenvalue weighted by atomic mass is 10.0. The first-order valence-corrected chi connectivity index (χ1v) is 8.57. The van der Waals surface area contributed by atoms with E-state index < -0.39 is 0 Å². The van der Waals surface area contributed by atoms with Crippen molar-refractivity contribution in [1.29, 1.82) is 0 Å². The van der Waals surface area contributed by atoms with Crippen LogP contribution < -0.4 is 5.32 Å². The van der Waals surface area contributed by atoms with Crippen LogP contribution in [-0.4, -0.2) is 47.6 Å². The average Bonchev–Trinajstić information content (AvgIpc) is 3.04. The highest BCUT2D eigenvalue weighted by molar-refractivity contribution is 8.14. The van der Waals surface area contributed by atoms with Gasteiger partial charge in [-0.2, -0.15) is 0 Å². The van der Waals surface area contributed by atoms with Gasteiger partial charge >= 0.3 is 0 Å². The fraction of sp³-hybridized carbons (Fsp3) is 0.500. The molecule has 6 heteroatoms. The van der Waals surface area contributed by atoms with Crippen LogP contribution in [0.4, 0.5) is 0 Å². The Morgan fingerprint density at radius 2 is 2.32 bits per heavy atom. The zero-order valence-corrected chi connectivity index (χ0v) is 13.1. The lowest BCUT2D eigenvalue weighted by Crippen LogP contribution is -2.38. The van der Waals surface area contributed by atoms with E-state index in [1.165, 1.54) is 11.8 Å². The molecule has 1 aromatic rings. The Morgan fingerprint density at radius 3 is 3.09 bits per heavy atom. The maximum absolute atomic E-state index is 12.2. The van der Waals surface area contributed by atoms with E-state index in [1.54, 1.807) is 12.1 Å². The summed E-state index contributed by atoms with van der Waals surface area (Å²) >= 11 is 1.51. The van der Waals surface area contributed by atoms with Crippen molar-refractivity contribution in [2.24, 2.45) is 10.9 Å². The number of thioether (sulfide) groups is 1. The molecule has 2 heterocycles. The van der Waals surface area contributed by atoms with Crippen molar-refractivity contribution in [2.45, 2.75) is 18.9 Å². The second-order valence-corrected chi connectivity index (χ2v) is 6.62. The van der Waals surface area contributed by atoms with Crippen LogP contribution in [-0.2, 0) is 9.53 Å². The summed E-state index contributed by atoms with van der Waals surface area (Å²) in [4.78, 5) is 16.7. The fourth-order valence-electron chi connectivity index (χ4n) is 2.64. The van der Waals surface area contributed by atoms with Crippen LogP contribution in [0.25, 0.3) is 0 Å². The number of amides is 1. The molecule has 2 atom stereocenters. The number of ether oxygens (including phenoxy) is 1. The van der Waals surface area contributed by atoms with E-state index in [2.05, 4.69) is 10.3 Å². The second kappa shape index (κ2) is 7.15. The fourth-order valence-corrected chi connectivity index (χ4v) is 3.71. The number of para-hydroxylation sites is 1. The van der Waals surface area contributed by atoms with Crippen LogP contribution >= 0.6 is 11.8 Å². The van der Waals surface area contributed by atoms with Gasteiger partial charge in [0.2, 0.25) is 5.91 Å². The zero-order chi connectivity index (χ0) is 15.4. The van der Waals surface area contributed by atoms with Crippen LogP contribution in [0.5, 0.6) is 5.75 Å². The van der Waals surface area contributed by atoms with Crippen molar-refractivity contribution < 1.29 is 14.6 Å². The normalized spacial score (nSPS) is 24.8. The number of hydrogen-bond acceptors (Lipinski definition) is 5. The number of phenolic OH excluding ortho intramolecular Hbond substituents is 1. The number of carbonyl (C=O) groups excluding carboxylic acids is 1. The number of nitrogens with one attached hydrogen (secondary N) is 1. The molecule has 118 valence electrons. The first-order chi connectivity index (χ1) is 10.7. The van der Waals surface area contributed by atoms with E-state index in [4.69, 9.17) is 4.74 Å². The molecular weight excluding hydrogens is 300 g/mol. The molecule has 0 unspecified atom stereocenters. The van der Waals surface area contributed by atoms with E-state index in [1.807, 2.05) is 12.1 Å². The highest BCUT2D eigenvalue weighted by Gasteiger charge is 2.27. The second-order valence-electron chi connectivity index (χ2n) is 5.61. The standard InChI is InChI=1S/C16H20N2O3S/c19-14-6-2-1-5-12(14)16-18-13(10-22-16)15(20)17-8-11-4-3-7-21-9-11/h1-2,5-6,11,13,19H,3-4,7-10H2,(H,17,20)/t11-,13-/m0/s1. The van der Waals surface area contributed by atoms with Crippen LogP contribution in [0.1, 0.15) is 18.4 Å². The summed E-state index contributed by atoms with van der Waals surface area (Å²) in [6.07, 6.45) is 2.17. The Bertz CT molecular complexity index is 570. The maximum atomic E-state index is 12.2. The monoisotopic (exact) mass is 320 g/mol. The summed E-state index contributed by atoms with van der Waals surface area (Å²) in [5.74, 6) is 1.20. The summed E-state index contributed by atoms with van der Waals surface area (Å²) in [5.41, 5.74) is 0.698. The van der Waals surface area contributed by atoms with E-state index >= 15 is 0 Å². The minimum Gasteiger partial charge on any atom is -0.507 e. The van der Waals surface area contributed by atoms with Gasteiger partial charge in [0.05, 0.1) is 6.61 Å². The molecule has 2 N–H and O–H groups in total. The first kappa shape index (κ1) is 15.4. The van der Waals surface area contributed by atoms with Gasteiger partial charge in [0.15, 0.2) is 0 Å². The van der Waals surface area contributed by atoms with Crippen molar-refractivity contribution in [3.63, 3.8) is 0 Å². The van der Waals surface area contributed by atoms with Crippen molar-refractivity contribution in [1.82, 2.24) is 5.32 Å². The molecule has 0 spiro atoms. The Balaban J connectivity index is 1.56. The lowest BCUT2D eigenvalue weighted by Gasteiger charge is -2.22. The minimum absolute atomic E-state index is 0.0384. The van der Waals surface area contributed by atoms with E-state index in [0.29, 0.717) is 23.8 Å². The Morgan fingerprint density at radius 1 is 1.45 bits per heavy atom. The summed E-state index contributed by atoms with van der Waals surface area (Å²) in [5, 5.41) is 13.6. The van der Waals surface area contributed by atoms with Gasteiger partial charge in [-0.15, -0.1) is 11.8 Å². The third-order valence-corrected chi connectivity index (χ3v) is 4.99. The molecule has 22 heavy (non-hydrogen) atoms. The predicted molar refractivity (Wildman–Crippen MR) is 87.4 cm³/mol. The Hall–Kier alpha value is -1.53. The molecule has 0 radical (unpaired) electrons. The summed E-state index contributed by atoms with van der Waals surface area (Å²) < 4.78 is 5.42. The van der Waals surface area contributed by atoms with E-state index in [-0.39, 0.29) is 17.7 Å². The highest BCUT2D eigenvalue weighted by atomic mass is 32.2. The molecule has 2 aliphatic heterocycles. The maximum Gasteiger partial charge on any atom is 0.245 e. The first-order valence-electron chi connectivity index (χ1n) is 7.58. The van der Waals surface area contributed by atoms with Crippen molar-refractivity contribution >= 4 is 22.7 Å². The van der Waals surface area contributed by atoms with Gasteiger partial charge in [0.1, 0.15) is 16.8 Å². The average molecular weight is 320 g/mol. The number of nitrogens with zero attached hydrogens (tertiary/aromatic N) is 1. The number of rotatable bonds is 4. The van der Waals surface area contributed by atoms with Crippen molar-refractivity contribution in [3.8, 4) is 5.75 Å². The van der Waals surface area contributed by atoms with Gasteiger partial charge in [-0.3, -0.25) is 9.79 Å². The van der Waals surface area contributed by atoms with Gasteiger partial charge in [0, 0.05) is 24.5 Å². The number of aliphatic imine (C=N–C) groups is 1. The van der Waals surface area contributed by atoms with Gasteiger partial charge in [0.25, 0.3) is 0 Å². The summed E-state index contributed by atoms with van der Waals surface area (Å²) in [6, 6.07) is 6.71. The quantitative estimate of drug-likeness (QED) is 0.887. The molecule has 0 aliphatic carbocycles. The van der Waals surface area contributed by atoms with Crippen molar-refractivity contribution in [2.75, 3.05) is 25.5 Å². The topological polar surface area (TPSA) is 70.9 Å². The molecule has 0 bridgehead atoms. The molecule has 1 saturated heterocycles. The Labute approximate surface area is 134 Å². The molecule has 1 amide bonds. The van der Waals surface area contributed by atoms with Gasteiger partial charge in [-0.1, -0.05) is 12.1 Å². The molecule has 1 fully saturated rings. The minimum atomic E-state index is -0.371. The van der Waals surface area contributed by atoms with Crippen LogP contribution in [0.15, 0.2) is 29.3 Å². The summed E-state index contributed by atoms with van der Waals surface area (Å²) in [6.45, 7) is 2.21. The molecule has 3 rings (SSSR count). The number of hydrogen-bond donors (Lipinski definition) is 2. The number of aromatic hydroxyl groups is 1. The van der Waals surface area contributed by atoms with Crippen LogP contribution in [0.3, 0.4) is 0 Å². The molecule has 1 aromatic carbocycles. The molecule has 0 saturated carbocycles. The Kier molecular flexibility index (Phi) is 5.00. The van der Waals surface area contributed by atoms with Crippen molar-refractivity contribution in [3.05, 3.63) is 29.8 Å². The van der Waals surface area contributed by atoms with Gasteiger partial charge in [-0.25, -0.2) is 0 Å². The van der Waals surface area contributed by atoms with Crippen LogP contribution in [0, 0.1) is 5.92 Å². The van der Waals surface area contributed by atoms with E-state index in [0.717, 1.165) is 31.1 Å². The lowest BCUT2D eigenvalue weighted by molar-refractivity contribution is -0.122. The predicted octanol–water partition coefficient (Wildman–Crippen LogP) is 1.80.